The van der Waals surface area contributed by atoms with Crippen LogP contribution < -0.4 is 21.1 Å². The zero-order valence-corrected chi connectivity index (χ0v) is 18.0. The first-order chi connectivity index (χ1) is 15.0. The minimum atomic E-state index is -1.44. The predicted molar refractivity (Wildman–Crippen MR) is 114 cm³/mol. The van der Waals surface area contributed by atoms with Crippen molar-refractivity contribution in [1.29, 1.82) is 0 Å². The number of amides is 2. The van der Waals surface area contributed by atoms with E-state index in [1.54, 1.807) is 0 Å². The van der Waals surface area contributed by atoms with Crippen molar-refractivity contribution >= 4 is 34.2 Å². The SMILES string of the molecule is CNC(=O)Oc1nccc(Nc2sc(-c3c(F)cc(C(C)(C)O)cc3F)cc2C(N)=O)n1. The monoisotopic (exact) mass is 463 g/mol. The third-order valence-corrected chi connectivity index (χ3v) is 5.32. The van der Waals surface area contributed by atoms with Gasteiger partial charge in [-0.25, -0.2) is 18.6 Å². The largest absolute Gasteiger partial charge is 0.414 e. The minimum absolute atomic E-state index is 0.0252. The molecular weight excluding hydrogens is 444 g/mol. The molecule has 32 heavy (non-hydrogen) atoms. The molecule has 0 saturated carbocycles. The molecule has 0 aliphatic carbocycles. The quantitative estimate of drug-likeness (QED) is 0.440. The normalized spacial score (nSPS) is 11.2. The van der Waals surface area contributed by atoms with Gasteiger partial charge in [0.05, 0.1) is 16.7 Å². The smallest absolute Gasteiger partial charge is 0.386 e. The van der Waals surface area contributed by atoms with E-state index in [9.17, 15) is 23.5 Å². The third-order valence-electron chi connectivity index (χ3n) is 4.26. The van der Waals surface area contributed by atoms with Crippen LogP contribution in [-0.2, 0) is 5.60 Å². The molecule has 0 aliphatic rings. The molecule has 0 radical (unpaired) electrons. The van der Waals surface area contributed by atoms with Gasteiger partial charge in [0.2, 0.25) is 0 Å². The average molecular weight is 463 g/mol. The standard InChI is InChI=1S/C20H19F2N5O4S/c1-20(2,30)9-6-11(21)15(12(22)7-9)13-8-10(16(23)28)17(32-13)26-14-4-5-25-18(27-14)31-19(29)24-3/h4-8,30H,1-3H3,(H2,23,28)(H,24,29)(H,25,26,27). The number of carbonyl (C=O) groups is 2. The summed E-state index contributed by atoms with van der Waals surface area (Å²) in [5.41, 5.74) is 3.65. The van der Waals surface area contributed by atoms with Crippen molar-refractivity contribution in [3.8, 4) is 16.5 Å². The van der Waals surface area contributed by atoms with Gasteiger partial charge in [-0.2, -0.15) is 4.98 Å². The van der Waals surface area contributed by atoms with Crippen LogP contribution in [0.5, 0.6) is 6.01 Å². The Balaban J connectivity index is 2.00. The van der Waals surface area contributed by atoms with Crippen LogP contribution in [0.2, 0.25) is 0 Å². The van der Waals surface area contributed by atoms with E-state index in [2.05, 4.69) is 20.6 Å². The molecular formula is C20H19F2N5O4S. The lowest BCUT2D eigenvalue weighted by Gasteiger charge is -2.18. The molecule has 0 atom stereocenters. The van der Waals surface area contributed by atoms with Crippen molar-refractivity contribution in [1.82, 2.24) is 15.3 Å². The fraction of sp³-hybridized carbons (Fsp3) is 0.200. The first kappa shape index (κ1) is 23.0. The van der Waals surface area contributed by atoms with Crippen LogP contribution in [0.4, 0.5) is 24.4 Å². The van der Waals surface area contributed by atoms with Gasteiger partial charge in [-0.3, -0.25) is 4.79 Å². The third kappa shape index (κ3) is 4.98. The van der Waals surface area contributed by atoms with Gasteiger partial charge in [0.15, 0.2) is 0 Å². The number of nitrogens with one attached hydrogen (secondary N) is 2. The van der Waals surface area contributed by atoms with E-state index in [1.807, 2.05) is 0 Å². The number of nitrogens with two attached hydrogens (primary N) is 1. The fourth-order valence-corrected chi connectivity index (χ4v) is 3.78. The van der Waals surface area contributed by atoms with Crippen LogP contribution >= 0.6 is 11.3 Å². The summed E-state index contributed by atoms with van der Waals surface area (Å²) in [6, 6.07) is 4.49. The molecule has 0 spiro atoms. The Hall–Kier alpha value is -3.64. The highest BCUT2D eigenvalue weighted by Gasteiger charge is 2.24. The number of carbonyl (C=O) groups excluding carboxylic acids is 2. The Bertz CT molecular complexity index is 1170. The Morgan fingerprint density at radius 3 is 2.44 bits per heavy atom. The lowest BCUT2D eigenvalue weighted by Crippen LogP contribution is -2.23. The Morgan fingerprint density at radius 1 is 1.22 bits per heavy atom. The molecule has 12 heteroatoms. The first-order valence-electron chi connectivity index (χ1n) is 9.15. The topological polar surface area (TPSA) is 139 Å². The number of ether oxygens (including phenoxy) is 1. The molecule has 1 aromatic carbocycles. The van der Waals surface area contributed by atoms with Crippen molar-refractivity contribution in [2.45, 2.75) is 19.4 Å². The molecule has 0 aliphatic heterocycles. The van der Waals surface area contributed by atoms with E-state index in [-0.39, 0.29) is 38.4 Å². The number of halogens is 2. The zero-order chi connectivity index (χ0) is 23.6. The summed E-state index contributed by atoms with van der Waals surface area (Å²) in [6.45, 7) is 2.81. The van der Waals surface area contributed by atoms with Gasteiger partial charge in [0.25, 0.3) is 5.91 Å². The maximum atomic E-state index is 14.7. The number of benzene rings is 1. The van der Waals surface area contributed by atoms with Crippen molar-refractivity contribution in [2.75, 3.05) is 12.4 Å². The van der Waals surface area contributed by atoms with Crippen molar-refractivity contribution in [2.24, 2.45) is 5.73 Å². The van der Waals surface area contributed by atoms with Gasteiger partial charge in [-0.05, 0) is 43.7 Å². The lowest BCUT2D eigenvalue weighted by atomic mass is 9.96. The first-order valence-corrected chi connectivity index (χ1v) is 9.96. The maximum absolute atomic E-state index is 14.7. The Labute approximate surface area is 185 Å². The van der Waals surface area contributed by atoms with Gasteiger partial charge >= 0.3 is 12.1 Å². The van der Waals surface area contributed by atoms with E-state index in [0.717, 1.165) is 23.5 Å². The summed E-state index contributed by atoms with van der Waals surface area (Å²) in [5.74, 6) is -2.50. The van der Waals surface area contributed by atoms with E-state index in [4.69, 9.17) is 10.5 Å². The lowest BCUT2D eigenvalue weighted by molar-refractivity contribution is 0.0778. The number of hydrogen-bond acceptors (Lipinski definition) is 8. The number of aliphatic hydroxyl groups is 1. The van der Waals surface area contributed by atoms with E-state index >= 15 is 0 Å². The van der Waals surface area contributed by atoms with Crippen LogP contribution in [0.1, 0.15) is 29.8 Å². The Kier molecular flexibility index (Phi) is 6.37. The number of thiophene rings is 1. The summed E-state index contributed by atoms with van der Waals surface area (Å²) >= 11 is 0.867. The van der Waals surface area contributed by atoms with Gasteiger partial charge < -0.3 is 26.2 Å². The maximum Gasteiger partial charge on any atom is 0.414 e. The average Bonchev–Trinajstić information content (AvgIpc) is 3.10. The number of primary amides is 1. The highest BCUT2D eigenvalue weighted by Crippen LogP contribution is 2.40. The number of nitrogens with zero attached hydrogens (tertiary/aromatic N) is 2. The van der Waals surface area contributed by atoms with Gasteiger partial charge in [0, 0.05) is 18.1 Å². The predicted octanol–water partition coefficient (Wildman–Crippen LogP) is 3.27. The number of aromatic nitrogens is 2. The zero-order valence-electron chi connectivity index (χ0n) is 17.2. The highest BCUT2D eigenvalue weighted by atomic mass is 32.1. The molecule has 2 amide bonds. The van der Waals surface area contributed by atoms with Crippen LogP contribution in [0.15, 0.2) is 30.5 Å². The fourth-order valence-electron chi connectivity index (χ4n) is 2.66. The number of hydrogen-bond donors (Lipinski definition) is 4. The van der Waals surface area contributed by atoms with Crippen molar-refractivity contribution in [3.63, 3.8) is 0 Å². The van der Waals surface area contributed by atoms with Crippen molar-refractivity contribution < 1.29 is 28.2 Å². The molecule has 3 rings (SSSR count). The summed E-state index contributed by atoms with van der Waals surface area (Å²) in [6.07, 6.45) is 0.527. The van der Waals surface area contributed by atoms with Gasteiger partial charge in [0.1, 0.15) is 22.5 Å². The van der Waals surface area contributed by atoms with Gasteiger partial charge in [-0.15, -0.1) is 11.3 Å². The van der Waals surface area contributed by atoms with Crippen LogP contribution in [0.25, 0.3) is 10.4 Å². The van der Waals surface area contributed by atoms with Crippen LogP contribution in [0.3, 0.4) is 0 Å². The minimum Gasteiger partial charge on any atom is -0.386 e. The van der Waals surface area contributed by atoms with E-state index in [0.29, 0.717) is 0 Å². The number of rotatable bonds is 6. The molecule has 168 valence electrons. The second-order valence-corrected chi connectivity index (χ2v) is 8.13. The second kappa shape index (κ2) is 8.85. The number of anilines is 2. The molecule has 3 aromatic rings. The summed E-state index contributed by atoms with van der Waals surface area (Å²) < 4.78 is 34.3. The highest BCUT2D eigenvalue weighted by molar-refractivity contribution is 7.20. The molecule has 0 unspecified atom stereocenters. The van der Waals surface area contributed by atoms with Crippen LogP contribution in [0, 0.1) is 11.6 Å². The molecule has 2 aromatic heterocycles. The van der Waals surface area contributed by atoms with E-state index in [1.165, 1.54) is 39.2 Å². The summed E-state index contributed by atoms with van der Waals surface area (Å²) in [5, 5.41) is 15.3. The molecule has 0 bridgehead atoms. The molecule has 5 N–H and O–H groups in total. The summed E-state index contributed by atoms with van der Waals surface area (Å²) in [7, 11) is 1.36. The van der Waals surface area contributed by atoms with E-state index < -0.39 is 29.2 Å². The molecule has 0 fully saturated rings. The van der Waals surface area contributed by atoms with Crippen LogP contribution in [-0.4, -0.2) is 34.1 Å². The van der Waals surface area contributed by atoms with Crippen molar-refractivity contribution in [3.05, 3.63) is 53.2 Å². The second-order valence-electron chi connectivity index (χ2n) is 7.08. The Morgan fingerprint density at radius 2 is 1.88 bits per heavy atom. The molecule has 9 nitrogen and oxygen atoms in total. The van der Waals surface area contributed by atoms with Gasteiger partial charge in [-0.1, -0.05) is 0 Å². The molecule has 2 heterocycles. The summed E-state index contributed by atoms with van der Waals surface area (Å²) in [4.78, 5) is 31.1. The molecule has 0 saturated heterocycles.